The molecule has 0 amide bonds. The fraction of sp³-hybridized carbons (Fsp3) is 0.381. The highest BCUT2D eigenvalue weighted by atomic mass is 79.9. The Bertz CT molecular complexity index is 796. The van der Waals surface area contributed by atoms with Gasteiger partial charge in [0.25, 0.3) is 0 Å². The van der Waals surface area contributed by atoms with Gasteiger partial charge in [-0.25, -0.2) is 4.39 Å². The minimum atomic E-state index is -0.879. The molecule has 0 heterocycles. The summed E-state index contributed by atoms with van der Waals surface area (Å²) in [6, 6.07) is 9.11. The van der Waals surface area contributed by atoms with Crippen LogP contribution in [0.15, 0.2) is 40.9 Å². The van der Waals surface area contributed by atoms with Crippen LogP contribution < -0.4 is 14.8 Å². The molecule has 2 N–H and O–H groups in total. The van der Waals surface area contributed by atoms with Gasteiger partial charge in [0.15, 0.2) is 11.5 Å². The molecule has 7 heteroatoms. The number of rotatable bonds is 10. The van der Waals surface area contributed by atoms with Gasteiger partial charge in [-0.3, -0.25) is 4.79 Å². The van der Waals surface area contributed by atoms with Crippen molar-refractivity contribution in [1.29, 1.82) is 0 Å². The molecule has 0 saturated heterocycles. The average Bonchev–Trinajstić information content (AvgIpc) is 2.63. The first-order valence-electron chi connectivity index (χ1n) is 9.10. The zero-order valence-corrected chi connectivity index (χ0v) is 17.8. The van der Waals surface area contributed by atoms with Crippen molar-refractivity contribution < 1.29 is 23.8 Å². The highest BCUT2D eigenvalue weighted by Crippen LogP contribution is 2.34. The molecule has 0 aliphatic carbocycles. The number of carbonyl (C=O) groups is 1. The van der Waals surface area contributed by atoms with E-state index in [2.05, 4.69) is 21.2 Å². The molecular weight excluding hydrogens is 429 g/mol. The largest absolute Gasteiger partial charge is 0.490 e. The first kappa shape index (κ1) is 22.2. The van der Waals surface area contributed by atoms with Crippen molar-refractivity contribution in [1.82, 2.24) is 5.32 Å². The van der Waals surface area contributed by atoms with E-state index < -0.39 is 12.0 Å². The number of benzene rings is 2. The van der Waals surface area contributed by atoms with Crippen molar-refractivity contribution in [3.05, 3.63) is 57.8 Å². The Balaban J connectivity index is 2.15. The Labute approximate surface area is 173 Å². The third-order valence-corrected chi connectivity index (χ3v) is 4.90. The number of aliphatic carboxylic acids is 1. The summed E-state index contributed by atoms with van der Waals surface area (Å²) >= 11 is 3.52. The molecule has 2 rings (SSSR count). The van der Waals surface area contributed by atoms with Crippen molar-refractivity contribution in [3.63, 3.8) is 0 Å². The maximum atomic E-state index is 13.0. The molecule has 0 aliphatic heterocycles. The van der Waals surface area contributed by atoms with Gasteiger partial charge in [-0.05, 0) is 48.2 Å². The molecule has 0 saturated carbocycles. The number of hydrogen-bond donors (Lipinski definition) is 2. The van der Waals surface area contributed by atoms with Gasteiger partial charge in [0.2, 0.25) is 0 Å². The van der Waals surface area contributed by atoms with Gasteiger partial charge in [0, 0.05) is 11.0 Å². The van der Waals surface area contributed by atoms with Crippen LogP contribution in [-0.4, -0.2) is 23.7 Å². The first-order valence-corrected chi connectivity index (χ1v) is 9.89. The molecule has 0 aromatic heterocycles. The zero-order chi connectivity index (χ0) is 20.7. The Hall–Kier alpha value is -2.12. The van der Waals surface area contributed by atoms with E-state index in [0.717, 1.165) is 15.6 Å². The van der Waals surface area contributed by atoms with E-state index >= 15 is 0 Å². The quantitative estimate of drug-likeness (QED) is 0.542. The Morgan fingerprint density at radius 3 is 2.39 bits per heavy atom. The van der Waals surface area contributed by atoms with Crippen LogP contribution in [0.3, 0.4) is 0 Å². The van der Waals surface area contributed by atoms with Crippen molar-refractivity contribution >= 4 is 21.9 Å². The smallest absolute Gasteiger partial charge is 0.320 e. The van der Waals surface area contributed by atoms with E-state index in [1.807, 2.05) is 26.8 Å². The second-order valence-corrected chi connectivity index (χ2v) is 7.53. The predicted octanol–water partition coefficient (Wildman–Crippen LogP) is 4.76. The minimum Gasteiger partial charge on any atom is -0.490 e. The van der Waals surface area contributed by atoms with Crippen molar-refractivity contribution in [3.8, 4) is 11.5 Å². The first-order chi connectivity index (χ1) is 13.3. The Morgan fingerprint density at radius 1 is 1.18 bits per heavy atom. The summed E-state index contributed by atoms with van der Waals surface area (Å²) in [6.45, 7) is 6.71. The Morgan fingerprint density at radius 2 is 1.82 bits per heavy atom. The fourth-order valence-corrected chi connectivity index (χ4v) is 3.13. The predicted molar refractivity (Wildman–Crippen MR) is 109 cm³/mol. The third kappa shape index (κ3) is 6.21. The minimum absolute atomic E-state index is 0.0408. The number of carboxylic acids is 1. The summed E-state index contributed by atoms with van der Waals surface area (Å²) in [5.41, 5.74) is 1.71. The number of hydrogen-bond acceptors (Lipinski definition) is 4. The second-order valence-electron chi connectivity index (χ2n) is 6.68. The van der Waals surface area contributed by atoms with E-state index in [9.17, 15) is 14.3 Å². The van der Waals surface area contributed by atoms with Gasteiger partial charge < -0.3 is 19.9 Å². The van der Waals surface area contributed by atoms with Gasteiger partial charge >= 0.3 is 5.97 Å². The standard InChI is InChI=1S/C21H25BrFNO4/c1-4-27-18-9-15(11-24-20(13(2)3)21(25)26)17(22)10-19(18)28-12-14-5-7-16(23)8-6-14/h5-10,13,20,24H,4,11-12H2,1-3H3,(H,25,26). The zero-order valence-electron chi connectivity index (χ0n) is 16.2. The summed E-state index contributed by atoms with van der Waals surface area (Å²) in [7, 11) is 0. The van der Waals surface area contributed by atoms with Crippen LogP contribution in [0.5, 0.6) is 11.5 Å². The lowest BCUT2D eigenvalue weighted by molar-refractivity contribution is -0.140. The summed E-state index contributed by atoms with van der Waals surface area (Å²) < 4.78 is 25.4. The number of ether oxygens (including phenoxy) is 2. The van der Waals surface area contributed by atoms with Gasteiger partial charge in [-0.15, -0.1) is 0 Å². The lowest BCUT2D eigenvalue weighted by atomic mass is 10.0. The maximum Gasteiger partial charge on any atom is 0.320 e. The molecule has 152 valence electrons. The summed E-state index contributed by atoms with van der Waals surface area (Å²) in [6.07, 6.45) is 0. The molecular formula is C21H25BrFNO4. The van der Waals surface area contributed by atoms with E-state index in [4.69, 9.17) is 9.47 Å². The van der Waals surface area contributed by atoms with E-state index in [1.165, 1.54) is 12.1 Å². The summed E-state index contributed by atoms with van der Waals surface area (Å²) in [4.78, 5) is 11.4. The van der Waals surface area contributed by atoms with Crippen LogP contribution >= 0.6 is 15.9 Å². The topological polar surface area (TPSA) is 67.8 Å². The van der Waals surface area contributed by atoms with Gasteiger partial charge in [-0.2, -0.15) is 0 Å². The number of nitrogens with one attached hydrogen (secondary N) is 1. The van der Waals surface area contributed by atoms with Crippen LogP contribution in [0.2, 0.25) is 0 Å². The van der Waals surface area contributed by atoms with E-state index in [-0.39, 0.29) is 18.3 Å². The third-order valence-electron chi connectivity index (χ3n) is 4.17. The van der Waals surface area contributed by atoms with Gasteiger partial charge in [0.05, 0.1) is 6.61 Å². The monoisotopic (exact) mass is 453 g/mol. The van der Waals surface area contributed by atoms with Crippen LogP contribution in [0, 0.1) is 11.7 Å². The molecule has 0 radical (unpaired) electrons. The van der Waals surface area contributed by atoms with Gasteiger partial charge in [0.1, 0.15) is 18.5 Å². The molecule has 0 bridgehead atoms. The van der Waals surface area contributed by atoms with Crippen molar-refractivity contribution in [2.75, 3.05) is 6.61 Å². The highest BCUT2D eigenvalue weighted by molar-refractivity contribution is 9.10. The SMILES string of the molecule is CCOc1cc(CNC(C(=O)O)C(C)C)c(Br)cc1OCc1ccc(F)cc1. The lowest BCUT2D eigenvalue weighted by Gasteiger charge is -2.20. The molecule has 5 nitrogen and oxygen atoms in total. The summed E-state index contributed by atoms with van der Waals surface area (Å²) in [5, 5.41) is 12.4. The van der Waals surface area contributed by atoms with Crippen LogP contribution in [0.4, 0.5) is 4.39 Å². The van der Waals surface area contributed by atoms with Crippen LogP contribution in [0.1, 0.15) is 31.9 Å². The highest BCUT2D eigenvalue weighted by Gasteiger charge is 2.21. The molecule has 2 aromatic rings. The molecule has 1 unspecified atom stereocenters. The molecule has 1 atom stereocenters. The normalized spacial score (nSPS) is 12.1. The van der Waals surface area contributed by atoms with E-state index in [0.29, 0.717) is 24.7 Å². The van der Waals surface area contributed by atoms with Crippen molar-refractivity contribution in [2.45, 2.75) is 40.0 Å². The van der Waals surface area contributed by atoms with Crippen LogP contribution in [-0.2, 0) is 17.9 Å². The molecule has 0 aliphatic rings. The Kier molecular flexibility index (Phi) is 8.26. The van der Waals surface area contributed by atoms with Gasteiger partial charge in [-0.1, -0.05) is 41.9 Å². The average molecular weight is 454 g/mol. The van der Waals surface area contributed by atoms with Crippen molar-refractivity contribution in [2.24, 2.45) is 5.92 Å². The number of halogens is 2. The van der Waals surface area contributed by atoms with E-state index in [1.54, 1.807) is 18.2 Å². The maximum absolute atomic E-state index is 13.0. The molecule has 2 aromatic carbocycles. The summed E-state index contributed by atoms with van der Waals surface area (Å²) in [5.74, 6) is -0.0859. The number of carboxylic acid groups (broad SMARTS) is 1. The fourth-order valence-electron chi connectivity index (χ4n) is 2.66. The lowest BCUT2D eigenvalue weighted by Crippen LogP contribution is -2.40. The second kappa shape index (κ2) is 10.4. The van der Waals surface area contributed by atoms with Crippen LogP contribution in [0.25, 0.3) is 0 Å². The molecule has 0 fully saturated rings. The molecule has 28 heavy (non-hydrogen) atoms. The molecule has 0 spiro atoms.